The third kappa shape index (κ3) is 2.24. The Morgan fingerprint density at radius 1 is 1.60 bits per heavy atom. The zero-order valence-corrected chi connectivity index (χ0v) is 10.0. The number of nitrogens with zero attached hydrogens (tertiary/aromatic N) is 2. The molecule has 1 aliphatic rings. The first kappa shape index (κ1) is 10.7. The van der Waals surface area contributed by atoms with E-state index in [4.69, 9.17) is 16.9 Å². The topological polar surface area (TPSA) is 48.7 Å². The lowest BCUT2D eigenvalue weighted by molar-refractivity contribution is 0.556. The number of hydrogen-bond donors (Lipinski definition) is 1. The minimum Gasteiger partial charge on any atom is -0.358 e. The lowest BCUT2D eigenvalue weighted by atomic mass is 10.1. The average molecular weight is 242 g/mol. The summed E-state index contributed by atoms with van der Waals surface area (Å²) >= 11 is 7.14. The van der Waals surface area contributed by atoms with Gasteiger partial charge in [0, 0.05) is 6.04 Å². The number of hydrogen-bond acceptors (Lipinski definition) is 4. The first-order valence-corrected chi connectivity index (χ1v) is 6.23. The van der Waals surface area contributed by atoms with Crippen molar-refractivity contribution in [2.75, 3.05) is 5.32 Å². The fourth-order valence-electron chi connectivity index (χ4n) is 1.95. The number of anilines is 1. The van der Waals surface area contributed by atoms with Crippen LogP contribution in [0.2, 0.25) is 5.15 Å². The van der Waals surface area contributed by atoms with Crippen LogP contribution in [0.15, 0.2) is 0 Å². The van der Waals surface area contributed by atoms with Crippen molar-refractivity contribution in [3.8, 4) is 6.07 Å². The minimum atomic E-state index is 0.315. The molecule has 0 bridgehead atoms. The Bertz CT molecular complexity index is 396. The summed E-state index contributed by atoms with van der Waals surface area (Å²) in [6, 6.07) is 2.52. The van der Waals surface area contributed by atoms with Crippen molar-refractivity contribution in [2.45, 2.75) is 32.2 Å². The van der Waals surface area contributed by atoms with Gasteiger partial charge in [-0.3, -0.25) is 0 Å². The van der Waals surface area contributed by atoms with Gasteiger partial charge in [0.15, 0.2) is 10.3 Å². The first-order chi connectivity index (χ1) is 7.20. The number of thiazole rings is 1. The Labute approximate surface area is 98.1 Å². The molecule has 1 saturated carbocycles. The quantitative estimate of drug-likeness (QED) is 0.865. The molecule has 0 radical (unpaired) electrons. The maximum absolute atomic E-state index is 8.75. The number of rotatable bonds is 2. The summed E-state index contributed by atoms with van der Waals surface area (Å²) in [5.74, 6) is 0.679. The van der Waals surface area contributed by atoms with E-state index in [1.807, 2.05) is 6.07 Å². The Balaban J connectivity index is 2.08. The molecule has 1 N–H and O–H groups in total. The van der Waals surface area contributed by atoms with Crippen LogP contribution in [-0.2, 0) is 0 Å². The van der Waals surface area contributed by atoms with Crippen LogP contribution in [0.5, 0.6) is 0 Å². The van der Waals surface area contributed by atoms with Gasteiger partial charge < -0.3 is 5.32 Å². The van der Waals surface area contributed by atoms with Crippen LogP contribution in [-0.4, -0.2) is 11.0 Å². The molecule has 2 atom stereocenters. The van der Waals surface area contributed by atoms with Crippen LogP contribution in [0.3, 0.4) is 0 Å². The molecule has 1 fully saturated rings. The van der Waals surface area contributed by atoms with Gasteiger partial charge in [0.25, 0.3) is 0 Å². The molecule has 0 aliphatic heterocycles. The van der Waals surface area contributed by atoms with Crippen LogP contribution >= 0.6 is 22.9 Å². The second-order valence-electron chi connectivity index (χ2n) is 3.91. The summed E-state index contributed by atoms with van der Waals surface area (Å²) in [6.45, 7) is 2.24. The summed E-state index contributed by atoms with van der Waals surface area (Å²) in [6.07, 6.45) is 3.71. The van der Waals surface area contributed by atoms with Gasteiger partial charge in [-0.15, -0.1) is 0 Å². The molecule has 1 aliphatic carbocycles. The Morgan fingerprint density at radius 3 is 2.93 bits per heavy atom. The highest BCUT2D eigenvalue weighted by molar-refractivity contribution is 7.16. The lowest BCUT2D eigenvalue weighted by Crippen LogP contribution is -2.21. The van der Waals surface area contributed by atoms with Gasteiger partial charge in [-0.25, -0.2) is 4.98 Å². The van der Waals surface area contributed by atoms with E-state index >= 15 is 0 Å². The van der Waals surface area contributed by atoms with Crippen molar-refractivity contribution in [1.29, 1.82) is 5.26 Å². The third-order valence-electron chi connectivity index (χ3n) is 2.86. The number of nitriles is 1. The van der Waals surface area contributed by atoms with Crippen molar-refractivity contribution in [3.63, 3.8) is 0 Å². The van der Waals surface area contributed by atoms with E-state index in [0.29, 0.717) is 22.0 Å². The largest absolute Gasteiger partial charge is 0.358 e. The van der Waals surface area contributed by atoms with E-state index in [-0.39, 0.29) is 0 Å². The highest BCUT2D eigenvalue weighted by atomic mass is 35.5. The minimum absolute atomic E-state index is 0.315. The van der Waals surface area contributed by atoms with E-state index in [2.05, 4.69) is 17.2 Å². The zero-order valence-electron chi connectivity index (χ0n) is 8.46. The van der Waals surface area contributed by atoms with Crippen LogP contribution in [0.1, 0.15) is 31.1 Å². The van der Waals surface area contributed by atoms with Gasteiger partial charge in [0.1, 0.15) is 10.9 Å². The van der Waals surface area contributed by atoms with E-state index in [1.165, 1.54) is 30.6 Å². The molecule has 15 heavy (non-hydrogen) atoms. The molecule has 0 saturated heterocycles. The predicted octanol–water partition coefficient (Wildman–Crippen LogP) is 3.27. The monoisotopic (exact) mass is 241 g/mol. The molecule has 0 amide bonds. The summed E-state index contributed by atoms with van der Waals surface area (Å²) in [7, 11) is 0. The van der Waals surface area contributed by atoms with E-state index in [9.17, 15) is 0 Å². The molecule has 1 heterocycles. The second-order valence-corrected chi connectivity index (χ2v) is 5.27. The van der Waals surface area contributed by atoms with Gasteiger partial charge in [-0.05, 0) is 18.8 Å². The molecule has 2 rings (SSSR count). The summed E-state index contributed by atoms with van der Waals surface area (Å²) in [5, 5.41) is 13.2. The van der Waals surface area contributed by atoms with Crippen LogP contribution < -0.4 is 5.32 Å². The summed E-state index contributed by atoms with van der Waals surface area (Å²) < 4.78 is 0. The number of halogens is 1. The normalized spacial score (nSPS) is 25.1. The van der Waals surface area contributed by atoms with Crippen LogP contribution in [0.4, 0.5) is 5.13 Å². The van der Waals surface area contributed by atoms with E-state index in [0.717, 1.165) is 5.13 Å². The molecule has 5 heteroatoms. The Hall–Kier alpha value is -0.790. The number of nitrogens with one attached hydrogen (secondary N) is 1. The average Bonchev–Trinajstić information content (AvgIpc) is 2.75. The smallest absolute Gasteiger partial charge is 0.185 e. The predicted molar refractivity (Wildman–Crippen MR) is 62.3 cm³/mol. The van der Waals surface area contributed by atoms with Crippen molar-refractivity contribution in [3.05, 3.63) is 10.0 Å². The van der Waals surface area contributed by atoms with Crippen molar-refractivity contribution in [2.24, 2.45) is 5.92 Å². The van der Waals surface area contributed by atoms with Gasteiger partial charge >= 0.3 is 0 Å². The maximum atomic E-state index is 8.75. The molecular weight excluding hydrogens is 230 g/mol. The first-order valence-electron chi connectivity index (χ1n) is 5.03. The fourth-order valence-corrected chi connectivity index (χ4v) is 2.96. The standard InChI is InChI=1S/C10H12ClN3S/c1-6-3-2-4-7(6)13-10-14-9(11)8(5-12)15-10/h6-7H,2-4H2,1H3,(H,13,14). The molecule has 1 aromatic rings. The van der Waals surface area contributed by atoms with Crippen molar-refractivity contribution in [1.82, 2.24) is 4.98 Å². The lowest BCUT2D eigenvalue weighted by Gasteiger charge is -2.15. The van der Waals surface area contributed by atoms with Gasteiger partial charge in [0.2, 0.25) is 0 Å². The summed E-state index contributed by atoms with van der Waals surface area (Å²) in [5.41, 5.74) is 0. The van der Waals surface area contributed by atoms with Gasteiger partial charge in [0.05, 0.1) is 0 Å². The zero-order chi connectivity index (χ0) is 10.8. The maximum Gasteiger partial charge on any atom is 0.185 e. The van der Waals surface area contributed by atoms with Crippen molar-refractivity contribution >= 4 is 28.1 Å². The van der Waals surface area contributed by atoms with Crippen LogP contribution in [0.25, 0.3) is 0 Å². The van der Waals surface area contributed by atoms with Gasteiger partial charge in [-0.1, -0.05) is 36.3 Å². The van der Waals surface area contributed by atoms with E-state index < -0.39 is 0 Å². The van der Waals surface area contributed by atoms with Crippen molar-refractivity contribution < 1.29 is 0 Å². The Kier molecular flexibility index (Phi) is 3.13. The summed E-state index contributed by atoms with van der Waals surface area (Å²) in [4.78, 5) is 4.62. The SMILES string of the molecule is CC1CCCC1Nc1nc(Cl)c(C#N)s1. The fraction of sp³-hybridized carbons (Fsp3) is 0.600. The molecule has 3 nitrogen and oxygen atoms in total. The Morgan fingerprint density at radius 2 is 2.40 bits per heavy atom. The number of aromatic nitrogens is 1. The molecule has 0 aromatic carbocycles. The van der Waals surface area contributed by atoms with Crippen LogP contribution in [0, 0.1) is 17.2 Å². The highest BCUT2D eigenvalue weighted by Gasteiger charge is 2.24. The van der Waals surface area contributed by atoms with Gasteiger partial charge in [-0.2, -0.15) is 5.26 Å². The van der Waals surface area contributed by atoms with E-state index in [1.54, 1.807) is 0 Å². The molecular formula is C10H12ClN3S. The molecule has 80 valence electrons. The molecule has 0 spiro atoms. The third-order valence-corrected chi connectivity index (χ3v) is 4.13. The molecule has 2 unspecified atom stereocenters. The highest BCUT2D eigenvalue weighted by Crippen LogP contribution is 2.31. The second kappa shape index (κ2) is 4.38. The molecule has 1 aromatic heterocycles.